The molecule has 0 fully saturated rings. The van der Waals surface area contributed by atoms with Gasteiger partial charge in [-0.25, -0.2) is 4.98 Å². The molecule has 4 heteroatoms. The molecule has 0 aromatic carbocycles. The van der Waals surface area contributed by atoms with E-state index in [4.69, 9.17) is 10.5 Å². The molecular formula is C10H16N2OS. The summed E-state index contributed by atoms with van der Waals surface area (Å²) >= 11 is 1.80. The highest BCUT2D eigenvalue weighted by atomic mass is 32.2. The first-order valence-electron chi connectivity index (χ1n) is 4.55. The Labute approximate surface area is 89.1 Å². The number of hydrogen-bond acceptors (Lipinski definition) is 4. The quantitative estimate of drug-likeness (QED) is 0.806. The van der Waals surface area contributed by atoms with Gasteiger partial charge in [-0.3, -0.25) is 0 Å². The van der Waals surface area contributed by atoms with Gasteiger partial charge in [0.1, 0.15) is 0 Å². The van der Waals surface area contributed by atoms with Crippen LogP contribution in [-0.4, -0.2) is 23.9 Å². The average molecular weight is 212 g/mol. The molecule has 0 bridgehead atoms. The lowest BCUT2D eigenvalue weighted by Gasteiger charge is -2.07. The minimum absolute atomic E-state index is 0.239. The molecule has 2 N–H and O–H groups in total. The van der Waals surface area contributed by atoms with Gasteiger partial charge in [-0.2, -0.15) is 11.8 Å². The van der Waals surface area contributed by atoms with Crippen LogP contribution in [0.1, 0.15) is 12.5 Å². The van der Waals surface area contributed by atoms with Gasteiger partial charge in [0, 0.05) is 29.3 Å². The van der Waals surface area contributed by atoms with Crippen LogP contribution in [0.4, 0.5) is 0 Å². The second kappa shape index (κ2) is 5.88. The summed E-state index contributed by atoms with van der Waals surface area (Å²) in [6.45, 7) is 2.01. The maximum absolute atomic E-state index is 5.66. The van der Waals surface area contributed by atoms with Crippen LogP contribution in [0, 0.1) is 0 Å². The lowest BCUT2D eigenvalue weighted by atomic mass is 10.3. The minimum atomic E-state index is 0.239. The lowest BCUT2D eigenvalue weighted by molar-refractivity contribution is 0.394. The third-order valence-corrected chi connectivity index (χ3v) is 2.96. The number of rotatable bonds is 5. The first-order valence-corrected chi connectivity index (χ1v) is 5.70. The van der Waals surface area contributed by atoms with Crippen LogP contribution in [-0.2, 0) is 5.75 Å². The van der Waals surface area contributed by atoms with Crippen LogP contribution in [0.2, 0.25) is 0 Å². The number of nitrogens with zero attached hydrogens (tertiary/aromatic N) is 1. The van der Waals surface area contributed by atoms with Crippen molar-refractivity contribution in [3.63, 3.8) is 0 Å². The highest BCUT2D eigenvalue weighted by Crippen LogP contribution is 2.20. The minimum Gasteiger partial charge on any atom is -0.481 e. The number of thioether (sulfide) groups is 1. The number of nitrogens with two attached hydrogens (primary N) is 1. The first kappa shape index (κ1) is 11.3. The van der Waals surface area contributed by atoms with Crippen molar-refractivity contribution in [2.45, 2.75) is 18.7 Å². The standard InChI is InChI=1S/C10H16N2OS/c1-8(11)6-14-7-9-4-3-5-12-10(9)13-2/h3-5,8H,6-7,11H2,1-2H3. The van der Waals surface area contributed by atoms with E-state index in [0.717, 1.165) is 17.1 Å². The van der Waals surface area contributed by atoms with Crippen molar-refractivity contribution in [3.05, 3.63) is 23.9 Å². The molecule has 0 radical (unpaired) electrons. The van der Waals surface area contributed by atoms with Crippen LogP contribution in [0.5, 0.6) is 5.88 Å². The van der Waals surface area contributed by atoms with E-state index >= 15 is 0 Å². The van der Waals surface area contributed by atoms with Crippen LogP contribution in [0.15, 0.2) is 18.3 Å². The summed E-state index contributed by atoms with van der Waals surface area (Å²) in [5.74, 6) is 2.57. The molecule has 0 amide bonds. The lowest BCUT2D eigenvalue weighted by Crippen LogP contribution is -2.17. The van der Waals surface area contributed by atoms with Crippen molar-refractivity contribution in [1.82, 2.24) is 4.98 Å². The molecule has 1 rings (SSSR count). The molecule has 0 saturated carbocycles. The van der Waals surface area contributed by atoms with Gasteiger partial charge in [0.25, 0.3) is 0 Å². The Kier molecular flexibility index (Phi) is 4.76. The largest absolute Gasteiger partial charge is 0.481 e. The smallest absolute Gasteiger partial charge is 0.217 e. The molecule has 1 aromatic heterocycles. The SMILES string of the molecule is COc1ncccc1CSCC(C)N. The average Bonchev–Trinajstić information content (AvgIpc) is 2.18. The molecule has 78 valence electrons. The second-order valence-corrected chi connectivity index (χ2v) is 4.19. The Bertz CT molecular complexity index is 279. The predicted octanol–water partition coefficient (Wildman–Crippen LogP) is 1.67. The Morgan fingerprint density at radius 2 is 2.43 bits per heavy atom. The first-order chi connectivity index (χ1) is 6.74. The van der Waals surface area contributed by atoms with Crippen LogP contribution >= 0.6 is 11.8 Å². The summed E-state index contributed by atoms with van der Waals surface area (Å²) < 4.78 is 5.15. The molecule has 1 unspecified atom stereocenters. The molecular weight excluding hydrogens is 196 g/mol. The van der Waals surface area contributed by atoms with Crippen molar-refractivity contribution >= 4 is 11.8 Å². The van der Waals surface area contributed by atoms with Crippen molar-refractivity contribution in [2.75, 3.05) is 12.9 Å². The number of ether oxygens (including phenoxy) is 1. The van der Waals surface area contributed by atoms with Gasteiger partial charge in [-0.1, -0.05) is 6.07 Å². The van der Waals surface area contributed by atoms with Gasteiger partial charge >= 0.3 is 0 Å². The maximum atomic E-state index is 5.66. The topological polar surface area (TPSA) is 48.1 Å². The van der Waals surface area contributed by atoms with Gasteiger partial charge in [-0.05, 0) is 13.0 Å². The third-order valence-electron chi connectivity index (χ3n) is 1.68. The zero-order valence-electron chi connectivity index (χ0n) is 8.56. The fraction of sp³-hybridized carbons (Fsp3) is 0.500. The Morgan fingerprint density at radius 3 is 3.07 bits per heavy atom. The Balaban J connectivity index is 2.49. The molecule has 0 aliphatic carbocycles. The fourth-order valence-electron chi connectivity index (χ4n) is 1.07. The zero-order chi connectivity index (χ0) is 10.4. The normalized spacial score (nSPS) is 12.5. The van der Waals surface area contributed by atoms with Gasteiger partial charge in [0.05, 0.1) is 7.11 Å². The predicted molar refractivity (Wildman–Crippen MR) is 60.6 cm³/mol. The summed E-state index contributed by atoms with van der Waals surface area (Å²) in [6, 6.07) is 4.19. The van der Waals surface area contributed by atoms with Crippen molar-refractivity contribution in [3.8, 4) is 5.88 Å². The van der Waals surface area contributed by atoms with Gasteiger partial charge in [-0.15, -0.1) is 0 Å². The summed E-state index contributed by atoms with van der Waals surface area (Å²) in [4.78, 5) is 4.13. The summed E-state index contributed by atoms with van der Waals surface area (Å²) in [5.41, 5.74) is 6.79. The highest BCUT2D eigenvalue weighted by molar-refractivity contribution is 7.98. The van der Waals surface area contributed by atoms with Crippen LogP contribution < -0.4 is 10.5 Å². The molecule has 0 aliphatic heterocycles. The van der Waals surface area contributed by atoms with E-state index in [-0.39, 0.29) is 6.04 Å². The molecule has 0 saturated heterocycles. The summed E-state index contributed by atoms with van der Waals surface area (Å²) in [6.07, 6.45) is 1.73. The van der Waals surface area contributed by atoms with Gasteiger partial charge < -0.3 is 10.5 Å². The number of pyridine rings is 1. The van der Waals surface area contributed by atoms with Crippen LogP contribution in [0.25, 0.3) is 0 Å². The molecule has 1 heterocycles. The van der Waals surface area contributed by atoms with Crippen molar-refractivity contribution < 1.29 is 4.74 Å². The molecule has 0 aliphatic rings. The monoisotopic (exact) mass is 212 g/mol. The molecule has 1 atom stereocenters. The van der Waals surface area contributed by atoms with E-state index in [9.17, 15) is 0 Å². The van der Waals surface area contributed by atoms with Crippen molar-refractivity contribution in [1.29, 1.82) is 0 Å². The van der Waals surface area contributed by atoms with Crippen molar-refractivity contribution in [2.24, 2.45) is 5.73 Å². The fourth-order valence-corrected chi connectivity index (χ4v) is 2.00. The van der Waals surface area contributed by atoms with E-state index in [1.807, 2.05) is 19.1 Å². The van der Waals surface area contributed by atoms with E-state index in [1.165, 1.54) is 0 Å². The third kappa shape index (κ3) is 3.55. The second-order valence-electron chi connectivity index (χ2n) is 3.16. The molecule has 3 nitrogen and oxygen atoms in total. The Morgan fingerprint density at radius 1 is 1.64 bits per heavy atom. The number of hydrogen-bond donors (Lipinski definition) is 1. The van der Waals surface area contributed by atoms with E-state index < -0.39 is 0 Å². The van der Waals surface area contributed by atoms with E-state index in [1.54, 1.807) is 25.1 Å². The van der Waals surface area contributed by atoms with Crippen LogP contribution in [0.3, 0.4) is 0 Å². The zero-order valence-corrected chi connectivity index (χ0v) is 9.38. The van der Waals surface area contributed by atoms with Gasteiger partial charge in [0.2, 0.25) is 5.88 Å². The Hall–Kier alpha value is -0.740. The molecule has 0 spiro atoms. The van der Waals surface area contributed by atoms with E-state index in [0.29, 0.717) is 5.88 Å². The maximum Gasteiger partial charge on any atom is 0.217 e. The van der Waals surface area contributed by atoms with Gasteiger partial charge in [0.15, 0.2) is 0 Å². The summed E-state index contributed by atoms with van der Waals surface area (Å²) in [5, 5.41) is 0. The number of aromatic nitrogens is 1. The highest BCUT2D eigenvalue weighted by Gasteiger charge is 2.03. The molecule has 14 heavy (non-hydrogen) atoms. The van der Waals surface area contributed by atoms with E-state index in [2.05, 4.69) is 4.98 Å². The number of methoxy groups -OCH3 is 1. The molecule has 1 aromatic rings. The summed E-state index contributed by atoms with van der Waals surface area (Å²) in [7, 11) is 1.64.